The van der Waals surface area contributed by atoms with E-state index < -0.39 is 35.5 Å². The number of alkyl carbamates (subject to hydrolysis) is 1. The quantitative estimate of drug-likeness (QED) is 0.810. The molecule has 0 saturated heterocycles. The lowest BCUT2D eigenvalue weighted by Crippen LogP contribution is -2.43. The number of carboxylic acids is 1. The second-order valence-electron chi connectivity index (χ2n) is 5.78. The average Bonchev–Trinajstić information content (AvgIpc) is 2.77. The summed E-state index contributed by atoms with van der Waals surface area (Å²) < 4.78 is 30.3. The molecule has 0 spiro atoms. The standard InChI is InChI=1S/C12H19F2NO4/c1-11(2,3)19-10(18)15-8(9(16)17)5-4-7-6-12(7,13)14/h7-8H,4-6H2,1-3H3,(H,15,18)(H,16,17). The van der Waals surface area contributed by atoms with Crippen molar-refractivity contribution in [3.63, 3.8) is 0 Å². The third-order valence-electron chi connectivity index (χ3n) is 2.75. The van der Waals surface area contributed by atoms with E-state index in [9.17, 15) is 18.4 Å². The molecule has 0 aromatic carbocycles. The lowest BCUT2D eigenvalue weighted by Gasteiger charge is -2.22. The summed E-state index contributed by atoms with van der Waals surface area (Å²) >= 11 is 0. The van der Waals surface area contributed by atoms with E-state index in [4.69, 9.17) is 9.84 Å². The molecule has 0 radical (unpaired) electrons. The molecule has 1 aliphatic rings. The van der Waals surface area contributed by atoms with Crippen molar-refractivity contribution in [2.75, 3.05) is 0 Å². The number of carbonyl (C=O) groups is 2. The van der Waals surface area contributed by atoms with Crippen molar-refractivity contribution in [2.45, 2.75) is 57.6 Å². The second kappa shape index (κ2) is 5.30. The van der Waals surface area contributed by atoms with Crippen LogP contribution in [0.15, 0.2) is 0 Å². The maximum atomic E-state index is 12.7. The van der Waals surface area contributed by atoms with Gasteiger partial charge in [0, 0.05) is 12.3 Å². The van der Waals surface area contributed by atoms with Gasteiger partial charge in [-0.1, -0.05) is 0 Å². The van der Waals surface area contributed by atoms with Gasteiger partial charge in [-0.05, 0) is 33.6 Å². The predicted molar refractivity (Wildman–Crippen MR) is 63.1 cm³/mol. The lowest BCUT2D eigenvalue weighted by molar-refractivity contribution is -0.139. The fourth-order valence-electron chi connectivity index (χ4n) is 1.66. The number of carboxylic acid groups (broad SMARTS) is 1. The van der Waals surface area contributed by atoms with Crippen LogP contribution in [0.3, 0.4) is 0 Å². The molecule has 2 N–H and O–H groups in total. The molecule has 2 atom stereocenters. The Hall–Kier alpha value is -1.40. The van der Waals surface area contributed by atoms with Crippen LogP contribution in [0.4, 0.5) is 13.6 Å². The molecule has 0 aromatic heterocycles. The largest absolute Gasteiger partial charge is 0.480 e. The van der Waals surface area contributed by atoms with Crippen LogP contribution in [0.5, 0.6) is 0 Å². The molecular weight excluding hydrogens is 260 g/mol. The summed E-state index contributed by atoms with van der Waals surface area (Å²) in [6.07, 6.45) is -1.03. The molecule has 0 aliphatic heterocycles. The van der Waals surface area contributed by atoms with E-state index in [2.05, 4.69) is 5.32 Å². The zero-order valence-corrected chi connectivity index (χ0v) is 11.2. The Morgan fingerprint density at radius 3 is 2.37 bits per heavy atom. The van der Waals surface area contributed by atoms with Gasteiger partial charge < -0.3 is 15.2 Å². The number of carbonyl (C=O) groups excluding carboxylic acids is 1. The molecule has 0 bridgehead atoms. The van der Waals surface area contributed by atoms with Crippen molar-refractivity contribution < 1.29 is 28.2 Å². The summed E-state index contributed by atoms with van der Waals surface area (Å²) in [6.45, 7) is 4.94. The molecule has 1 saturated carbocycles. The zero-order chi connectivity index (χ0) is 14.8. The average molecular weight is 279 g/mol. The van der Waals surface area contributed by atoms with Gasteiger partial charge in [0.15, 0.2) is 0 Å². The third-order valence-corrected chi connectivity index (χ3v) is 2.75. The third kappa shape index (κ3) is 5.40. The molecule has 0 aromatic rings. The van der Waals surface area contributed by atoms with Gasteiger partial charge in [-0.3, -0.25) is 0 Å². The number of aliphatic carboxylic acids is 1. The smallest absolute Gasteiger partial charge is 0.408 e. The summed E-state index contributed by atoms with van der Waals surface area (Å²) in [5.74, 6) is -4.70. The van der Waals surface area contributed by atoms with E-state index in [1.165, 1.54) is 0 Å². The van der Waals surface area contributed by atoms with Gasteiger partial charge in [0.05, 0.1) is 0 Å². The minimum absolute atomic E-state index is 0.0329. The molecule has 1 fully saturated rings. The fraction of sp³-hybridized carbons (Fsp3) is 0.833. The number of rotatable bonds is 5. The Kier molecular flexibility index (Phi) is 4.37. The number of alkyl halides is 2. The van der Waals surface area contributed by atoms with E-state index in [-0.39, 0.29) is 19.3 Å². The molecule has 1 aliphatic carbocycles. The van der Waals surface area contributed by atoms with Gasteiger partial charge in [0.2, 0.25) is 0 Å². The lowest BCUT2D eigenvalue weighted by atomic mass is 10.1. The van der Waals surface area contributed by atoms with Crippen molar-refractivity contribution in [3.8, 4) is 0 Å². The van der Waals surface area contributed by atoms with Gasteiger partial charge in [0.25, 0.3) is 5.92 Å². The number of halogens is 2. The van der Waals surface area contributed by atoms with E-state index >= 15 is 0 Å². The Labute approximate surface area is 110 Å². The van der Waals surface area contributed by atoms with Crippen LogP contribution >= 0.6 is 0 Å². The highest BCUT2D eigenvalue weighted by Gasteiger charge is 2.56. The Balaban J connectivity index is 2.41. The Morgan fingerprint density at radius 2 is 2.00 bits per heavy atom. The molecule has 7 heteroatoms. The molecule has 1 rings (SSSR count). The van der Waals surface area contributed by atoms with Crippen LogP contribution in [-0.4, -0.2) is 34.7 Å². The molecular formula is C12H19F2NO4. The molecule has 2 unspecified atom stereocenters. The fourth-order valence-corrected chi connectivity index (χ4v) is 1.66. The van der Waals surface area contributed by atoms with Gasteiger partial charge in [0.1, 0.15) is 11.6 Å². The summed E-state index contributed by atoms with van der Waals surface area (Å²) in [6, 6.07) is -1.20. The van der Waals surface area contributed by atoms with E-state index in [1.54, 1.807) is 20.8 Å². The minimum atomic E-state index is -2.67. The van der Waals surface area contributed by atoms with Crippen molar-refractivity contribution in [1.82, 2.24) is 5.32 Å². The van der Waals surface area contributed by atoms with Crippen LogP contribution in [0.2, 0.25) is 0 Å². The number of hydrogen-bond donors (Lipinski definition) is 2. The highest BCUT2D eigenvalue weighted by molar-refractivity contribution is 5.79. The highest BCUT2D eigenvalue weighted by Crippen LogP contribution is 2.51. The minimum Gasteiger partial charge on any atom is -0.480 e. The van der Waals surface area contributed by atoms with Gasteiger partial charge >= 0.3 is 12.1 Å². The maximum Gasteiger partial charge on any atom is 0.408 e. The first kappa shape index (κ1) is 15.7. The van der Waals surface area contributed by atoms with Crippen molar-refractivity contribution in [2.24, 2.45) is 5.92 Å². The van der Waals surface area contributed by atoms with Crippen LogP contribution in [-0.2, 0) is 9.53 Å². The molecule has 1 amide bonds. The monoisotopic (exact) mass is 279 g/mol. The first-order chi connectivity index (χ1) is 8.51. The topological polar surface area (TPSA) is 75.6 Å². The summed E-state index contributed by atoms with van der Waals surface area (Å²) in [5.41, 5.74) is -0.739. The van der Waals surface area contributed by atoms with Crippen LogP contribution in [0.1, 0.15) is 40.0 Å². The van der Waals surface area contributed by atoms with Crippen LogP contribution < -0.4 is 5.32 Å². The second-order valence-corrected chi connectivity index (χ2v) is 5.78. The van der Waals surface area contributed by atoms with Crippen molar-refractivity contribution in [3.05, 3.63) is 0 Å². The van der Waals surface area contributed by atoms with Gasteiger partial charge in [-0.25, -0.2) is 18.4 Å². The molecule has 110 valence electrons. The molecule has 19 heavy (non-hydrogen) atoms. The van der Waals surface area contributed by atoms with E-state index in [0.717, 1.165) is 0 Å². The maximum absolute atomic E-state index is 12.7. The molecule has 5 nitrogen and oxygen atoms in total. The van der Waals surface area contributed by atoms with E-state index in [0.29, 0.717) is 0 Å². The predicted octanol–water partition coefficient (Wildman–Crippen LogP) is 2.40. The first-order valence-electron chi connectivity index (χ1n) is 6.11. The van der Waals surface area contributed by atoms with Crippen LogP contribution in [0, 0.1) is 5.92 Å². The van der Waals surface area contributed by atoms with Crippen molar-refractivity contribution >= 4 is 12.1 Å². The number of ether oxygens (including phenoxy) is 1. The van der Waals surface area contributed by atoms with E-state index in [1.807, 2.05) is 0 Å². The van der Waals surface area contributed by atoms with Crippen LogP contribution in [0.25, 0.3) is 0 Å². The number of hydrogen-bond acceptors (Lipinski definition) is 3. The first-order valence-corrected chi connectivity index (χ1v) is 6.11. The summed E-state index contributed by atoms with van der Waals surface area (Å²) in [4.78, 5) is 22.4. The van der Waals surface area contributed by atoms with Gasteiger partial charge in [-0.2, -0.15) is 0 Å². The SMILES string of the molecule is CC(C)(C)OC(=O)NC(CCC1CC1(F)F)C(=O)O. The normalized spacial score (nSPS) is 22.5. The molecule has 0 heterocycles. The summed E-state index contributed by atoms with van der Waals surface area (Å²) in [7, 11) is 0. The van der Waals surface area contributed by atoms with Crippen molar-refractivity contribution in [1.29, 1.82) is 0 Å². The summed E-state index contributed by atoms with van der Waals surface area (Å²) in [5, 5.41) is 11.1. The van der Waals surface area contributed by atoms with Gasteiger partial charge in [-0.15, -0.1) is 0 Å². The highest BCUT2D eigenvalue weighted by atomic mass is 19.3. The number of amides is 1. The number of nitrogens with one attached hydrogen (secondary N) is 1. The Morgan fingerprint density at radius 1 is 1.47 bits per heavy atom. The Bertz CT molecular complexity index is 365. The zero-order valence-electron chi connectivity index (χ0n) is 11.2.